The van der Waals surface area contributed by atoms with Crippen LogP contribution in [0.4, 0.5) is 5.69 Å². The van der Waals surface area contributed by atoms with E-state index < -0.39 is 0 Å². The van der Waals surface area contributed by atoms with Crippen molar-refractivity contribution in [3.8, 4) is 0 Å². The number of hydrogen-bond acceptors (Lipinski definition) is 3. The Labute approximate surface area is 196 Å². The first-order chi connectivity index (χ1) is 15.8. The second kappa shape index (κ2) is 10.9. The molecule has 0 fully saturated rings. The molecule has 0 spiro atoms. The van der Waals surface area contributed by atoms with E-state index in [-0.39, 0.29) is 17.2 Å². The zero-order valence-corrected chi connectivity index (χ0v) is 19.7. The molecule has 0 aliphatic carbocycles. The van der Waals surface area contributed by atoms with E-state index in [0.717, 1.165) is 12.0 Å². The van der Waals surface area contributed by atoms with Crippen LogP contribution in [0, 0.1) is 0 Å². The van der Waals surface area contributed by atoms with E-state index in [2.05, 4.69) is 26.1 Å². The number of nitrogens with one attached hydrogen (secondary N) is 1. The Bertz CT molecular complexity index is 1050. The second-order valence-corrected chi connectivity index (χ2v) is 9.21. The first kappa shape index (κ1) is 24.2. The van der Waals surface area contributed by atoms with Crippen molar-refractivity contribution < 1.29 is 9.59 Å². The van der Waals surface area contributed by atoms with Crippen molar-refractivity contribution in [2.75, 3.05) is 18.4 Å². The Morgan fingerprint density at radius 1 is 0.848 bits per heavy atom. The van der Waals surface area contributed by atoms with E-state index >= 15 is 0 Å². The van der Waals surface area contributed by atoms with Gasteiger partial charge in [0.05, 0.1) is 0 Å². The van der Waals surface area contributed by atoms with Crippen LogP contribution in [-0.2, 0) is 12.0 Å². The third-order valence-electron chi connectivity index (χ3n) is 5.54. The standard InChI is InChI=1S/C28H33N3O2/c1-28(2,3)24-14-12-22(13-15-24)26(32)30-25-16-10-21(11-17-25)20-31(19-7-18-29)27(33)23-8-5-4-6-9-23/h4-6,8-17H,7,18-20,29H2,1-3H3,(H,30,32). The van der Waals surface area contributed by atoms with Gasteiger partial charge in [-0.05, 0) is 65.9 Å². The second-order valence-electron chi connectivity index (χ2n) is 9.21. The molecule has 3 aromatic carbocycles. The number of nitrogens with two attached hydrogens (primary N) is 1. The quantitative estimate of drug-likeness (QED) is 0.501. The normalized spacial score (nSPS) is 11.2. The van der Waals surface area contributed by atoms with Crippen LogP contribution >= 0.6 is 0 Å². The van der Waals surface area contributed by atoms with Gasteiger partial charge in [-0.3, -0.25) is 9.59 Å². The SMILES string of the molecule is CC(C)(C)c1ccc(C(=O)Nc2ccc(CN(CCCN)C(=O)c3ccccc3)cc2)cc1. The molecule has 0 unspecified atom stereocenters. The topological polar surface area (TPSA) is 75.4 Å². The Morgan fingerprint density at radius 2 is 1.48 bits per heavy atom. The van der Waals surface area contributed by atoms with Crippen molar-refractivity contribution in [3.05, 3.63) is 101 Å². The zero-order valence-electron chi connectivity index (χ0n) is 19.7. The molecule has 3 aromatic rings. The number of carbonyl (C=O) groups is 2. The first-order valence-corrected chi connectivity index (χ1v) is 11.3. The number of nitrogens with zero attached hydrogens (tertiary/aromatic N) is 1. The molecule has 0 saturated carbocycles. The maximum Gasteiger partial charge on any atom is 0.255 e. The molecule has 0 aliphatic heterocycles. The molecule has 0 atom stereocenters. The highest BCUT2D eigenvalue weighted by atomic mass is 16.2. The minimum atomic E-state index is -0.146. The van der Waals surface area contributed by atoms with Crippen molar-refractivity contribution >= 4 is 17.5 Å². The van der Waals surface area contributed by atoms with Gasteiger partial charge in [-0.15, -0.1) is 0 Å². The molecule has 0 aliphatic rings. The van der Waals surface area contributed by atoms with Gasteiger partial charge in [-0.1, -0.05) is 63.2 Å². The maximum absolute atomic E-state index is 12.9. The van der Waals surface area contributed by atoms with E-state index in [4.69, 9.17) is 5.73 Å². The van der Waals surface area contributed by atoms with Crippen molar-refractivity contribution in [2.24, 2.45) is 5.73 Å². The van der Waals surface area contributed by atoms with E-state index in [1.807, 2.05) is 83.8 Å². The summed E-state index contributed by atoms with van der Waals surface area (Å²) in [4.78, 5) is 27.4. The Hall–Kier alpha value is -3.44. The van der Waals surface area contributed by atoms with Crippen molar-refractivity contribution in [2.45, 2.75) is 39.2 Å². The number of benzene rings is 3. The minimum Gasteiger partial charge on any atom is -0.334 e. The van der Waals surface area contributed by atoms with Crippen LogP contribution in [0.25, 0.3) is 0 Å². The van der Waals surface area contributed by atoms with Crippen LogP contribution < -0.4 is 11.1 Å². The van der Waals surface area contributed by atoms with E-state index in [1.165, 1.54) is 5.56 Å². The highest BCUT2D eigenvalue weighted by Crippen LogP contribution is 2.22. The summed E-state index contributed by atoms with van der Waals surface area (Å²) in [5.41, 5.74) is 9.89. The molecule has 3 N–H and O–H groups in total. The van der Waals surface area contributed by atoms with E-state index in [1.54, 1.807) is 0 Å². The van der Waals surface area contributed by atoms with Gasteiger partial charge in [-0.2, -0.15) is 0 Å². The molecule has 2 amide bonds. The number of carbonyl (C=O) groups excluding carboxylic acids is 2. The predicted octanol–water partition coefficient (Wildman–Crippen LogP) is 5.23. The van der Waals surface area contributed by atoms with Gasteiger partial charge >= 0.3 is 0 Å². The smallest absolute Gasteiger partial charge is 0.255 e. The molecule has 33 heavy (non-hydrogen) atoms. The summed E-state index contributed by atoms with van der Waals surface area (Å²) in [7, 11) is 0. The molecule has 0 radical (unpaired) electrons. The minimum absolute atomic E-state index is 0.0138. The Morgan fingerprint density at radius 3 is 2.06 bits per heavy atom. The Kier molecular flexibility index (Phi) is 8.01. The van der Waals surface area contributed by atoms with Gasteiger partial charge in [0, 0.05) is 29.9 Å². The molecule has 5 nitrogen and oxygen atoms in total. The molecule has 0 bridgehead atoms. The monoisotopic (exact) mass is 443 g/mol. The molecule has 5 heteroatoms. The van der Waals surface area contributed by atoms with Crippen LogP contribution in [0.3, 0.4) is 0 Å². The van der Waals surface area contributed by atoms with Crippen molar-refractivity contribution in [1.82, 2.24) is 4.90 Å². The van der Waals surface area contributed by atoms with Gasteiger partial charge in [0.2, 0.25) is 0 Å². The highest BCUT2D eigenvalue weighted by molar-refractivity contribution is 6.04. The average Bonchev–Trinajstić information content (AvgIpc) is 2.82. The summed E-state index contributed by atoms with van der Waals surface area (Å²) in [6.07, 6.45) is 0.737. The van der Waals surface area contributed by atoms with Gasteiger partial charge < -0.3 is 16.0 Å². The molecule has 0 saturated heterocycles. The number of rotatable bonds is 8. The largest absolute Gasteiger partial charge is 0.334 e. The number of hydrogen-bond donors (Lipinski definition) is 2. The third-order valence-corrected chi connectivity index (χ3v) is 5.54. The maximum atomic E-state index is 12.9. The third kappa shape index (κ3) is 6.77. The molecule has 0 aromatic heterocycles. The molecule has 0 heterocycles. The van der Waals surface area contributed by atoms with Crippen LogP contribution in [0.15, 0.2) is 78.9 Å². The zero-order chi connectivity index (χ0) is 23.8. The number of amides is 2. The lowest BCUT2D eigenvalue weighted by molar-refractivity contribution is 0.0742. The average molecular weight is 444 g/mol. The lowest BCUT2D eigenvalue weighted by atomic mass is 9.87. The Balaban J connectivity index is 1.65. The lowest BCUT2D eigenvalue weighted by Gasteiger charge is -2.23. The summed E-state index contributed by atoms with van der Waals surface area (Å²) >= 11 is 0. The summed E-state index contributed by atoms with van der Waals surface area (Å²) in [5, 5.41) is 2.94. The highest BCUT2D eigenvalue weighted by Gasteiger charge is 2.16. The van der Waals surface area contributed by atoms with E-state index in [9.17, 15) is 9.59 Å². The van der Waals surface area contributed by atoms with Crippen LogP contribution in [0.1, 0.15) is 59.0 Å². The van der Waals surface area contributed by atoms with Crippen LogP contribution in [0.5, 0.6) is 0 Å². The summed E-state index contributed by atoms with van der Waals surface area (Å²) in [6.45, 7) is 8.04. The van der Waals surface area contributed by atoms with Gasteiger partial charge in [0.25, 0.3) is 11.8 Å². The molecular formula is C28H33N3O2. The summed E-state index contributed by atoms with van der Waals surface area (Å²) in [6, 6.07) is 24.6. The van der Waals surface area contributed by atoms with Crippen molar-refractivity contribution in [1.29, 1.82) is 0 Å². The van der Waals surface area contributed by atoms with Crippen molar-refractivity contribution in [3.63, 3.8) is 0 Å². The predicted molar refractivity (Wildman–Crippen MR) is 134 cm³/mol. The fraction of sp³-hybridized carbons (Fsp3) is 0.286. The van der Waals surface area contributed by atoms with Gasteiger partial charge in [0.15, 0.2) is 0 Å². The summed E-state index contributed by atoms with van der Waals surface area (Å²) in [5.74, 6) is -0.160. The molecule has 172 valence electrons. The fourth-order valence-electron chi connectivity index (χ4n) is 3.54. The van der Waals surface area contributed by atoms with E-state index in [0.29, 0.717) is 36.4 Å². The molecular weight excluding hydrogens is 410 g/mol. The van der Waals surface area contributed by atoms with Gasteiger partial charge in [-0.25, -0.2) is 0 Å². The van der Waals surface area contributed by atoms with Crippen LogP contribution in [0.2, 0.25) is 0 Å². The number of anilines is 1. The van der Waals surface area contributed by atoms with Crippen LogP contribution in [-0.4, -0.2) is 29.8 Å². The summed E-state index contributed by atoms with van der Waals surface area (Å²) < 4.78 is 0. The van der Waals surface area contributed by atoms with Gasteiger partial charge in [0.1, 0.15) is 0 Å². The first-order valence-electron chi connectivity index (χ1n) is 11.3. The molecule has 3 rings (SSSR count). The fourth-order valence-corrected chi connectivity index (χ4v) is 3.54. The lowest BCUT2D eigenvalue weighted by Crippen LogP contribution is -2.32.